The van der Waals surface area contributed by atoms with Crippen molar-refractivity contribution in [3.05, 3.63) is 59.7 Å². The van der Waals surface area contributed by atoms with Crippen LogP contribution >= 0.6 is 0 Å². The Labute approximate surface area is 106 Å². The van der Waals surface area contributed by atoms with E-state index < -0.39 is 6.10 Å². The molecule has 0 saturated heterocycles. The Morgan fingerprint density at radius 2 is 1.89 bits per heavy atom. The Kier molecular flexibility index (Phi) is 3.85. The number of hydrogen-bond donors (Lipinski definition) is 2. The molecular formula is C15H16O3. The van der Waals surface area contributed by atoms with Crippen LogP contribution < -0.4 is 4.74 Å². The SMILES string of the molecule is COc1ccccc1C(O)Cc1cccc(O)c1. The summed E-state index contributed by atoms with van der Waals surface area (Å²) in [6.07, 6.45) is -0.211. The zero-order valence-electron chi connectivity index (χ0n) is 10.2. The van der Waals surface area contributed by atoms with Crippen molar-refractivity contribution < 1.29 is 14.9 Å². The Morgan fingerprint density at radius 1 is 1.11 bits per heavy atom. The Morgan fingerprint density at radius 3 is 2.61 bits per heavy atom. The molecule has 2 aromatic carbocycles. The summed E-state index contributed by atoms with van der Waals surface area (Å²) >= 11 is 0. The second-order valence-electron chi connectivity index (χ2n) is 4.13. The highest BCUT2D eigenvalue weighted by atomic mass is 16.5. The van der Waals surface area contributed by atoms with Gasteiger partial charge in [0.1, 0.15) is 11.5 Å². The van der Waals surface area contributed by atoms with E-state index in [0.29, 0.717) is 12.2 Å². The van der Waals surface area contributed by atoms with Crippen molar-refractivity contribution in [1.82, 2.24) is 0 Å². The number of phenols is 1. The third kappa shape index (κ3) is 2.81. The molecule has 0 aromatic heterocycles. The normalized spacial score (nSPS) is 12.1. The molecule has 94 valence electrons. The molecule has 3 heteroatoms. The molecule has 1 atom stereocenters. The van der Waals surface area contributed by atoms with Crippen molar-refractivity contribution in [3.8, 4) is 11.5 Å². The first-order valence-corrected chi connectivity index (χ1v) is 5.79. The minimum absolute atomic E-state index is 0.208. The van der Waals surface area contributed by atoms with Crippen LogP contribution in [0.4, 0.5) is 0 Å². The van der Waals surface area contributed by atoms with Gasteiger partial charge in [-0.1, -0.05) is 30.3 Å². The lowest BCUT2D eigenvalue weighted by Gasteiger charge is -2.14. The molecule has 3 nitrogen and oxygen atoms in total. The number of methoxy groups -OCH3 is 1. The lowest BCUT2D eigenvalue weighted by Crippen LogP contribution is -2.03. The highest BCUT2D eigenvalue weighted by Gasteiger charge is 2.13. The van der Waals surface area contributed by atoms with Crippen LogP contribution in [-0.2, 0) is 6.42 Å². The number of aliphatic hydroxyl groups excluding tert-OH is 1. The minimum Gasteiger partial charge on any atom is -0.508 e. The molecule has 2 N–H and O–H groups in total. The number of rotatable bonds is 4. The van der Waals surface area contributed by atoms with Crippen LogP contribution in [0.3, 0.4) is 0 Å². The Balaban J connectivity index is 2.19. The highest BCUT2D eigenvalue weighted by molar-refractivity contribution is 5.36. The monoisotopic (exact) mass is 244 g/mol. The second kappa shape index (κ2) is 5.56. The van der Waals surface area contributed by atoms with Gasteiger partial charge in [-0.25, -0.2) is 0 Å². The molecule has 18 heavy (non-hydrogen) atoms. The number of hydrogen-bond acceptors (Lipinski definition) is 3. The number of benzene rings is 2. The first-order valence-electron chi connectivity index (χ1n) is 5.79. The van der Waals surface area contributed by atoms with Gasteiger partial charge in [0.25, 0.3) is 0 Å². The molecule has 0 spiro atoms. The largest absolute Gasteiger partial charge is 0.508 e. The van der Waals surface area contributed by atoms with Gasteiger partial charge >= 0.3 is 0 Å². The summed E-state index contributed by atoms with van der Waals surface area (Å²) in [6.45, 7) is 0. The fourth-order valence-electron chi connectivity index (χ4n) is 1.96. The summed E-state index contributed by atoms with van der Waals surface area (Å²) in [4.78, 5) is 0. The fourth-order valence-corrected chi connectivity index (χ4v) is 1.96. The third-order valence-corrected chi connectivity index (χ3v) is 2.84. The molecule has 0 heterocycles. The molecule has 0 aliphatic carbocycles. The molecule has 2 rings (SSSR count). The van der Waals surface area contributed by atoms with E-state index in [-0.39, 0.29) is 5.75 Å². The fraction of sp³-hybridized carbons (Fsp3) is 0.200. The second-order valence-corrected chi connectivity index (χ2v) is 4.13. The summed E-state index contributed by atoms with van der Waals surface area (Å²) < 4.78 is 5.22. The molecular weight excluding hydrogens is 228 g/mol. The average Bonchev–Trinajstić information content (AvgIpc) is 2.38. The first-order chi connectivity index (χ1) is 8.70. The van der Waals surface area contributed by atoms with E-state index >= 15 is 0 Å². The predicted molar refractivity (Wildman–Crippen MR) is 69.8 cm³/mol. The zero-order valence-corrected chi connectivity index (χ0v) is 10.2. The van der Waals surface area contributed by atoms with Gasteiger partial charge in [0.05, 0.1) is 13.2 Å². The maximum absolute atomic E-state index is 10.2. The van der Waals surface area contributed by atoms with Crippen molar-refractivity contribution in [2.24, 2.45) is 0 Å². The molecule has 0 fully saturated rings. The van der Waals surface area contributed by atoms with E-state index in [1.165, 1.54) is 0 Å². The van der Waals surface area contributed by atoms with Gasteiger partial charge in [0.15, 0.2) is 0 Å². The third-order valence-electron chi connectivity index (χ3n) is 2.84. The maximum atomic E-state index is 10.2. The van der Waals surface area contributed by atoms with Crippen LogP contribution in [-0.4, -0.2) is 17.3 Å². The van der Waals surface area contributed by atoms with Gasteiger partial charge < -0.3 is 14.9 Å². The highest BCUT2D eigenvalue weighted by Crippen LogP contribution is 2.27. The van der Waals surface area contributed by atoms with Crippen molar-refractivity contribution >= 4 is 0 Å². The van der Waals surface area contributed by atoms with E-state index in [4.69, 9.17) is 4.74 Å². The van der Waals surface area contributed by atoms with Crippen LogP contribution in [0.1, 0.15) is 17.2 Å². The molecule has 1 unspecified atom stereocenters. The van der Waals surface area contributed by atoms with Crippen molar-refractivity contribution in [1.29, 1.82) is 0 Å². The number of ether oxygens (including phenoxy) is 1. The number of aliphatic hydroxyl groups is 1. The minimum atomic E-state index is -0.650. The standard InChI is InChI=1S/C15H16O3/c1-18-15-8-3-2-7-13(15)14(17)10-11-5-4-6-12(16)9-11/h2-9,14,16-17H,10H2,1H3. The van der Waals surface area contributed by atoms with E-state index in [0.717, 1.165) is 11.1 Å². The zero-order chi connectivity index (χ0) is 13.0. The van der Waals surface area contributed by atoms with Gasteiger partial charge in [-0.05, 0) is 23.8 Å². The topological polar surface area (TPSA) is 49.7 Å². The van der Waals surface area contributed by atoms with Gasteiger partial charge in [0, 0.05) is 12.0 Å². The average molecular weight is 244 g/mol. The van der Waals surface area contributed by atoms with E-state index in [2.05, 4.69) is 0 Å². The molecule has 0 aliphatic heterocycles. The quantitative estimate of drug-likeness (QED) is 0.869. The lowest BCUT2D eigenvalue weighted by molar-refractivity contribution is 0.174. The Bertz CT molecular complexity index is 523. The van der Waals surface area contributed by atoms with E-state index in [9.17, 15) is 10.2 Å². The van der Waals surface area contributed by atoms with Gasteiger partial charge in [-0.15, -0.1) is 0 Å². The summed E-state index contributed by atoms with van der Waals surface area (Å²) in [7, 11) is 1.58. The number of aromatic hydroxyl groups is 1. The van der Waals surface area contributed by atoms with Gasteiger partial charge in [0.2, 0.25) is 0 Å². The predicted octanol–water partition coefficient (Wildman–Crippen LogP) is 2.68. The van der Waals surface area contributed by atoms with Crippen LogP contribution in [0.5, 0.6) is 11.5 Å². The van der Waals surface area contributed by atoms with Crippen molar-refractivity contribution in [3.63, 3.8) is 0 Å². The van der Waals surface area contributed by atoms with Crippen LogP contribution in [0, 0.1) is 0 Å². The smallest absolute Gasteiger partial charge is 0.124 e. The molecule has 2 aromatic rings. The van der Waals surface area contributed by atoms with E-state index in [1.54, 1.807) is 25.3 Å². The summed E-state index contributed by atoms with van der Waals surface area (Å²) in [5, 5.41) is 19.6. The van der Waals surface area contributed by atoms with E-state index in [1.807, 2.05) is 30.3 Å². The molecule has 0 aliphatic rings. The summed E-state index contributed by atoms with van der Waals surface area (Å²) in [6, 6.07) is 14.3. The van der Waals surface area contributed by atoms with Gasteiger partial charge in [-0.3, -0.25) is 0 Å². The van der Waals surface area contributed by atoms with Crippen LogP contribution in [0.15, 0.2) is 48.5 Å². The molecule has 0 saturated carbocycles. The summed E-state index contributed by atoms with van der Waals surface area (Å²) in [5.41, 5.74) is 1.64. The number of phenolic OH excluding ortho intramolecular Hbond substituents is 1. The lowest BCUT2D eigenvalue weighted by atomic mass is 10.0. The molecule has 0 bridgehead atoms. The first kappa shape index (κ1) is 12.5. The van der Waals surface area contributed by atoms with Crippen LogP contribution in [0.25, 0.3) is 0 Å². The molecule has 0 radical (unpaired) electrons. The van der Waals surface area contributed by atoms with Crippen molar-refractivity contribution in [2.75, 3.05) is 7.11 Å². The van der Waals surface area contributed by atoms with Crippen molar-refractivity contribution in [2.45, 2.75) is 12.5 Å². The molecule has 0 amide bonds. The van der Waals surface area contributed by atoms with Crippen LogP contribution in [0.2, 0.25) is 0 Å². The summed E-state index contributed by atoms with van der Waals surface area (Å²) in [5.74, 6) is 0.880. The maximum Gasteiger partial charge on any atom is 0.124 e. The van der Waals surface area contributed by atoms with Gasteiger partial charge in [-0.2, -0.15) is 0 Å². The Hall–Kier alpha value is -2.00. The number of para-hydroxylation sites is 1.